The lowest BCUT2D eigenvalue weighted by Gasteiger charge is -2.18. The van der Waals surface area contributed by atoms with E-state index in [1.807, 2.05) is 12.2 Å². The zero-order valence-corrected chi connectivity index (χ0v) is 46.5. The van der Waals surface area contributed by atoms with Crippen LogP contribution in [0.5, 0.6) is 0 Å². The van der Waals surface area contributed by atoms with Gasteiger partial charge in [0.25, 0.3) is 0 Å². The minimum absolute atomic E-state index is 0.0264. The normalized spacial score (nSPS) is 13.9. The molecule has 0 spiro atoms. The van der Waals surface area contributed by atoms with Crippen LogP contribution in [-0.4, -0.2) is 37.9 Å². The number of esters is 2. The molecule has 1 unspecified atom stereocenters. The molecule has 0 radical (unpaired) electrons. The van der Waals surface area contributed by atoms with Crippen molar-refractivity contribution in [2.45, 2.75) is 181 Å². The molecule has 0 bridgehead atoms. The van der Waals surface area contributed by atoms with Gasteiger partial charge in [0.15, 0.2) is 6.10 Å². The van der Waals surface area contributed by atoms with Crippen LogP contribution in [0.2, 0.25) is 0 Å². The second-order valence-electron chi connectivity index (χ2n) is 17.3. The van der Waals surface area contributed by atoms with Crippen molar-refractivity contribution in [1.29, 1.82) is 0 Å². The minimum Gasteiger partial charge on any atom is -0.462 e. The Balaban J connectivity index is 4.68. The molecule has 5 nitrogen and oxygen atoms in total. The highest BCUT2D eigenvalue weighted by molar-refractivity contribution is 5.70. The first-order valence-corrected chi connectivity index (χ1v) is 28.3. The highest BCUT2D eigenvalue weighted by Crippen LogP contribution is 2.07. The van der Waals surface area contributed by atoms with Gasteiger partial charge in [-0.25, -0.2) is 0 Å². The number of allylic oxidation sites excluding steroid dienone is 36. The molecular formula is C69H100O5. The van der Waals surface area contributed by atoms with Crippen molar-refractivity contribution >= 4 is 11.9 Å². The van der Waals surface area contributed by atoms with Crippen LogP contribution in [0.25, 0.3) is 0 Å². The van der Waals surface area contributed by atoms with Gasteiger partial charge >= 0.3 is 11.9 Å². The fraction of sp³-hybridized carbons (Fsp3) is 0.449. The van der Waals surface area contributed by atoms with E-state index in [0.29, 0.717) is 19.4 Å². The lowest BCUT2D eigenvalue weighted by molar-refractivity contribution is -0.162. The Hall–Kier alpha value is -5.78. The second kappa shape index (κ2) is 61.5. The van der Waals surface area contributed by atoms with Crippen LogP contribution in [0.15, 0.2) is 219 Å². The average molecular weight is 1010 g/mol. The van der Waals surface area contributed by atoms with E-state index in [4.69, 9.17) is 14.2 Å². The Morgan fingerprint density at radius 1 is 0.297 bits per heavy atom. The van der Waals surface area contributed by atoms with Gasteiger partial charge in [0.05, 0.1) is 6.61 Å². The molecule has 0 aromatic carbocycles. The molecule has 0 fully saturated rings. The number of hydrogen-bond acceptors (Lipinski definition) is 5. The summed E-state index contributed by atoms with van der Waals surface area (Å²) in [4.78, 5) is 25.5. The largest absolute Gasteiger partial charge is 0.462 e. The molecule has 0 aromatic heterocycles. The lowest BCUT2D eigenvalue weighted by Crippen LogP contribution is -2.30. The highest BCUT2D eigenvalue weighted by Gasteiger charge is 2.17. The predicted octanol–water partition coefficient (Wildman–Crippen LogP) is 19.9. The molecule has 0 aliphatic rings. The topological polar surface area (TPSA) is 61.8 Å². The Labute approximate surface area is 453 Å². The average Bonchev–Trinajstić information content (AvgIpc) is 3.40. The summed E-state index contributed by atoms with van der Waals surface area (Å²) in [5.74, 6) is -0.647. The van der Waals surface area contributed by atoms with Crippen molar-refractivity contribution in [3.05, 3.63) is 219 Å². The Morgan fingerprint density at radius 2 is 0.541 bits per heavy atom. The molecule has 5 heteroatoms. The summed E-state index contributed by atoms with van der Waals surface area (Å²) in [5.41, 5.74) is 0. The summed E-state index contributed by atoms with van der Waals surface area (Å²) in [7, 11) is 0. The van der Waals surface area contributed by atoms with E-state index in [1.54, 1.807) is 0 Å². The first-order valence-electron chi connectivity index (χ1n) is 28.3. The first-order chi connectivity index (χ1) is 36.6. The number of ether oxygens (including phenoxy) is 3. The molecule has 0 aliphatic carbocycles. The molecule has 0 N–H and O–H groups in total. The summed E-state index contributed by atoms with van der Waals surface area (Å²) < 4.78 is 17.2. The molecular weight excluding hydrogens is 909 g/mol. The third-order valence-electron chi connectivity index (χ3n) is 10.5. The highest BCUT2D eigenvalue weighted by atomic mass is 16.6. The summed E-state index contributed by atoms with van der Waals surface area (Å²) >= 11 is 0. The van der Waals surface area contributed by atoms with Crippen LogP contribution in [0.3, 0.4) is 0 Å². The van der Waals surface area contributed by atoms with Crippen molar-refractivity contribution in [3.63, 3.8) is 0 Å². The second-order valence-corrected chi connectivity index (χ2v) is 17.3. The maximum atomic E-state index is 12.8. The van der Waals surface area contributed by atoms with Gasteiger partial charge in [-0.05, 0) is 141 Å². The predicted molar refractivity (Wildman–Crippen MR) is 324 cm³/mol. The molecule has 0 heterocycles. The molecule has 0 saturated carbocycles. The lowest BCUT2D eigenvalue weighted by atomic mass is 10.2. The number of rotatable bonds is 48. The fourth-order valence-corrected chi connectivity index (χ4v) is 6.46. The molecule has 0 aliphatic heterocycles. The van der Waals surface area contributed by atoms with Crippen LogP contribution in [0.4, 0.5) is 0 Å². The van der Waals surface area contributed by atoms with Gasteiger partial charge in [-0.1, -0.05) is 240 Å². The molecule has 0 amide bonds. The van der Waals surface area contributed by atoms with Gasteiger partial charge < -0.3 is 14.2 Å². The zero-order chi connectivity index (χ0) is 53.4. The van der Waals surface area contributed by atoms with E-state index in [9.17, 15) is 9.59 Å². The van der Waals surface area contributed by atoms with Gasteiger partial charge in [0, 0.05) is 19.4 Å². The van der Waals surface area contributed by atoms with E-state index in [1.165, 1.54) is 0 Å². The van der Waals surface area contributed by atoms with Crippen LogP contribution in [0.1, 0.15) is 175 Å². The van der Waals surface area contributed by atoms with Crippen LogP contribution < -0.4 is 0 Å². The number of carbonyl (C=O) groups excluding carboxylic acids is 2. The smallest absolute Gasteiger partial charge is 0.306 e. The summed E-state index contributed by atoms with van der Waals surface area (Å²) in [6.45, 7) is 7.13. The quantitative estimate of drug-likeness (QED) is 0.0345. The summed E-state index contributed by atoms with van der Waals surface area (Å²) in [5, 5.41) is 0. The molecule has 0 saturated heterocycles. The van der Waals surface area contributed by atoms with Gasteiger partial charge in [-0.15, -0.1) is 0 Å². The maximum Gasteiger partial charge on any atom is 0.306 e. The SMILES string of the molecule is CC/C=C\C/C=C\C/C=C\C/C=C\C/C=C\C/C=C\CCCOCC(COC(=O)CC/C=C\C/C=C\C/C=C\C/C=C\C/C=C\C/C=C\CC)OC(=O)CC/C=C\C/C=C\C/C=C\C/C=C\C/C=C\C/C=C\CC. The summed E-state index contributed by atoms with van der Waals surface area (Å²) in [6, 6.07) is 0. The van der Waals surface area contributed by atoms with Gasteiger partial charge in [0.2, 0.25) is 0 Å². The maximum absolute atomic E-state index is 12.8. The van der Waals surface area contributed by atoms with E-state index < -0.39 is 6.10 Å². The number of hydrogen-bond donors (Lipinski definition) is 0. The monoisotopic (exact) mass is 1010 g/mol. The van der Waals surface area contributed by atoms with Crippen LogP contribution in [-0.2, 0) is 23.8 Å². The van der Waals surface area contributed by atoms with Crippen molar-refractivity contribution in [2.24, 2.45) is 0 Å². The third kappa shape index (κ3) is 58.8. The molecule has 0 rings (SSSR count). The standard InChI is InChI=1S/C69H100O5/c1-4-7-10-13-16-19-22-25-28-31-34-37-40-43-46-49-52-55-58-61-64-72-65-67(74-69(71)63-60-57-54-51-48-45-42-39-36-33-30-27-24-21-18-15-12-9-6-3)66-73-68(70)62-59-56-53-50-47-44-41-38-35-32-29-26-23-20-17-14-11-8-5-2/h7-12,16-21,25-30,34-39,43-48,52-57,67H,4-6,13-15,22-24,31-33,40-42,49-51,58-66H2,1-3H3/b10-7-,11-8-,12-9-,19-16-,20-17-,21-18-,28-25-,29-26-,30-27-,37-34-,38-35-,39-36-,46-43-,47-44-,48-45-,55-52-,56-53-,57-54-. The molecule has 1 atom stereocenters. The summed E-state index contributed by atoms with van der Waals surface area (Å²) in [6.07, 6.45) is 98.5. The van der Waals surface area contributed by atoms with Crippen molar-refractivity contribution < 1.29 is 23.8 Å². The van der Waals surface area contributed by atoms with Crippen molar-refractivity contribution in [2.75, 3.05) is 19.8 Å². The van der Waals surface area contributed by atoms with E-state index in [0.717, 1.165) is 128 Å². The zero-order valence-electron chi connectivity index (χ0n) is 46.5. The van der Waals surface area contributed by atoms with E-state index in [2.05, 4.69) is 227 Å². The molecule has 0 aromatic rings. The first kappa shape index (κ1) is 68.2. The third-order valence-corrected chi connectivity index (χ3v) is 10.5. The van der Waals surface area contributed by atoms with Crippen LogP contribution in [0, 0.1) is 0 Å². The van der Waals surface area contributed by atoms with Gasteiger partial charge in [0.1, 0.15) is 6.61 Å². The Morgan fingerprint density at radius 3 is 0.824 bits per heavy atom. The van der Waals surface area contributed by atoms with Crippen molar-refractivity contribution in [3.8, 4) is 0 Å². The van der Waals surface area contributed by atoms with Crippen molar-refractivity contribution in [1.82, 2.24) is 0 Å². The van der Waals surface area contributed by atoms with Crippen LogP contribution >= 0.6 is 0 Å². The number of carbonyl (C=O) groups is 2. The Kier molecular flexibility index (Phi) is 56.7. The number of unbranched alkanes of at least 4 members (excludes halogenated alkanes) is 1. The molecule has 74 heavy (non-hydrogen) atoms. The fourth-order valence-electron chi connectivity index (χ4n) is 6.46. The van der Waals surface area contributed by atoms with Gasteiger partial charge in [-0.2, -0.15) is 0 Å². The minimum atomic E-state index is -0.659. The van der Waals surface area contributed by atoms with E-state index in [-0.39, 0.29) is 38.0 Å². The molecule has 406 valence electrons. The van der Waals surface area contributed by atoms with Gasteiger partial charge in [-0.3, -0.25) is 9.59 Å². The Bertz CT molecular complexity index is 1860. The van der Waals surface area contributed by atoms with E-state index >= 15 is 0 Å².